The Morgan fingerprint density at radius 1 is 1.24 bits per heavy atom. The van der Waals surface area contributed by atoms with Gasteiger partial charge in [0.25, 0.3) is 5.91 Å². The van der Waals surface area contributed by atoms with Gasteiger partial charge in [-0.1, -0.05) is 17.3 Å². The van der Waals surface area contributed by atoms with Crippen molar-refractivity contribution in [2.24, 2.45) is 0 Å². The van der Waals surface area contributed by atoms with E-state index in [-0.39, 0.29) is 11.9 Å². The summed E-state index contributed by atoms with van der Waals surface area (Å²) in [4.78, 5) is 15.1. The van der Waals surface area contributed by atoms with Gasteiger partial charge in [-0.3, -0.25) is 4.79 Å². The van der Waals surface area contributed by atoms with Crippen molar-refractivity contribution in [3.05, 3.63) is 46.8 Å². The van der Waals surface area contributed by atoms with Gasteiger partial charge >= 0.3 is 0 Å². The smallest absolute Gasteiger partial charge is 0.276 e. The zero-order valence-electron chi connectivity index (χ0n) is 14.7. The number of likely N-dealkylation sites (tertiary alicyclic amines) is 1. The van der Waals surface area contributed by atoms with E-state index in [1.165, 1.54) is 5.56 Å². The molecule has 2 aromatic rings. The molecule has 4 rings (SSSR count). The van der Waals surface area contributed by atoms with E-state index in [0.717, 1.165) is 68.6 Å². The van der Waals surface area contributed by atoms with Gasteiger partial charge in [-0.2, -0.15) is 0 Å². The number of amides is 1. The quantitative estimate of drug-likeness (QED) is 0.856. The number of rotatable bonds is 4. The first-order valence-electron chi connectivity index (χ1n) is 9.17. The summed E-state index contributed by atoms with van der Waals surface area (Å²) in [5.74, 6) is 1.82. The number of methoxy groups -OCH3 is 1. The van der Waals surface area contributed by atoms with Crippen LogP contribution < -0.4 is 4.74 Å². The van der Waals surface area contributed by atoms with Crippen LogP contribution in [0.4, 0.5) is 0 Å². The van der Waals surface area contributed by atoms with E-state index in [0.29, 0.717) is 5.69 Å². The lowest BCUT2D eigenvalue weighted by Crippen LogP contribution is -2.37. The zero-order valence-corrected chi connectivity index (χ0v) is 14.7. The Balaban J connectivity index is 1.50. The van der Waals surface area contributed by atoms with E-state index >= 15 is 0 Å². The highest BCUT2D eigenvalue weighted by Crippen LogP contribution is 2.28. The molecule has 1 atom stereocenters. The number of carbonyl (C=O) groups excluding carboxylic acids is 1. The van der Waals surface area contributed by atoms with Crippen molar-refractivity contribution in [1.82, 2.24) is 10.1 Å². The molecule has 1 fully saturated rings. The SMILES string of the molecule is COc1ccc(C[C@@H]2CCCN2C(=O)c2noc3c2CCCC3)cc1. The molecule has 0 saturated carbocycles. The summed E-state index contributed by atoms with van der Waals surface area (Å²) in [7, 11) is 1.67. The second kappa shape index (κ2) is 6.90. The van der Waals surface area contributed by atoms with E-state index in [2.05, 4.69) is 17.3 Å². The number of benzene rings is 1. The third-order valence-electron chi connectivity index (χ3n) is 5.42. The Hall–Kier alpha value is -2.30. The molecular formula is C20H24N2O3. The summed E-state index contributed by atoms with van der Waals surface area (Å²) >= 11 is 0. The van der Waals surface area contributed by atoms with Crippen LogP contribution in [0.25, 0.3) is 0 Å². The van der Waals surface area contributed by atoms with Gasteiger partial charge in [0, 0.05) is 24.6 Å². The van der Waals surface area contributed by atoms with E-state index in [1.54, 1.807) is 7.11 Å². The van der Waals surface area contributed by atoms with E-state index in [9.17, 15) is 4.79 Å². The summed E-state index contributed by atoms with van der Waals surface area (Å²) in [5.41, 5.74) is 2.83. The summed E-state index contributed by atoms with van der Waals surface area (Å²) < 4.78 is 10.7. The molecule has 0 unspecified atom stereocenters. The van der Waals surface area contributed by atoms with Gasteiger partial charge < -0.3 is 14.2 Å². The van der Waals surface area contributed by atoms with Crippen LogP contribution in [-0.4, -0.2) is 35.7 Å². The highest BCUT2D eigenvalue weighted by molar-refractivity contribution is 5.94. The standard InChI is InChI=1S/C20H24N2O3/c1-24-16-10-8-14(9-11-16)13-15-5-4-12-22(15)20(23)19-17-6-2-3-7-18(17)25-21-19/h8-11,15H,2-7,12-13H2,1H3/t15-/m0/s1. The Morgan fingerprint density at radius 3 is 2.84 bits per heavy atom. The Labute approximate surface area is 147 Å². The van der Waals surface area contributed by atoms with Gasteiger partial charge in [-0.05, 0) is 56.2 Å². The topological polar surface area (TPSA) is 55.6 Å². The number of ether oxygens (including phenoxy) is 1. The molecule has 5 nitrogen and oxygen atoms in total. The van der Waals surface area contributed by atoms with Crippen molar-refractivity contribution in [3.8, 4) is 5.75 Å². The van der Waals surface area contributed by atoms with Crippen LogP contribution in [0, 0.1) is 0 Å². The van der Waals surface area contributed by atoms with Crippen molar-refractivity contribution in [3.63, 3.8) is 0 Å². The third-order valence-corrected chi connectivity index (χ3v) is 5.42. The van der Waals surface area contributed by atoms with Gasteiger partial charge in [-0.25, -0.2) is 0 Å². The highest BCUT2D eigenvalue weighted by Gasteiger charge is 2.33. The van der Waals surface area contributed by atoms with Gasteiger partial charge in [0.05, 0.1) is 7.11 Å². The average Bonchev–Trinajstić information content (AvgIpc) is 3.29. The molecule has 2 aliphatic rings. The van der Waals surface area contributed by atoms with E-state index in [4.69, 9.17) is 9.26 Å². The normalized spacial score (nSPS) is 19.7. The third kappa shape index (κ3) is 3.15. The number of fused-ring (bicyclic) bond motifs is 1. The maximum absolute atomic E-state index is 13.1. The molecule has 0 radical (unpaired) electrons. The largest absolute Gasteiger partial charge is 0.497 e. The summed E-state index contributed by atoms with van der Waals surface area (Å²) in [5, 5.41) is 4.12. The Kier molecular flexibility index (Phi) is 4.47. The highest BCUT2D eigenvalue weighted by atomic mass is 16.5. The molecule has 1 amide bonds. The molecule has 0 bridgehead atoms. The fraction of sp³-hybridized carbons (Fsp3) is 0.500. The van der Waals surface area contributed by atoms with Crippen LogP contribution in [0.15, 0.2) is 28.8 Å². The maximum Gasteiger partial charge on any atom is 0.276 e. The van der Waals surface area contributed by atoms with Gasteiger partial charge in [0.1, 0.15) is 11.5 Å². The molecule has 1 aromatic heterocycles. The van der Waals surface area contributed by atoms with Crippen LogP contribution >= 0.6 is 0 Å². The molecular weight excluding hydrogens is 316 g/mol. The second-order valence-corrected chi connectivity index (χ2v) is 6.99. The van der Waals surface area contributed by atoms with Crippen LogP contribution in [0.3, 0.4) is 0 Å². The van der Waals surface area contributed by atoms with Crippen molar-refractivity contribution in [2.75, 3.05) is 13.7 Å². The number of aryl methyl sites for hydroxylation is 1. The monoisotopic (exact) mass is 340 g/mol. The van der Waals surface area contributed by atoms with Crippen LogP contribution in [0.2, 0.25) is 0 Å². The second-order valence-electron chi connectivity index (χ2n) is 6.99. The molecule has 1 aliphatic carbocycles. The first kappa shape index (κ1) is 16.2. The molecule has 0 N–H and O–H groups in total. The molecule has 1 aromatic carbocycles. The minimum Gasteiger partial charge on any atom is -0.497 e. The summed E-state index contributed by atoms with van der Waals surface area (Å²) in [6.45, 7) is 0.807. The number of hydrogen-bond donors (Lipinski definition) is 0. The molecule has 1 aliphatic heterocycles. The number of carbonyl (C=O) groups is 1. The van der Waals surface area contributed by atoms with Gasteiger partial charge in [-0.15, -0.1) is 0 Å². The molecule has 0 spiro atoms. The first-order valence-corrected chi connectivity index (χ1v) is 9.17. The fourth-order valence-corrected chi connectivity index (χ4v) is 4.04. The lowest BCUT2D eigenvalue weighted by atomic mass is 9.96. The average molecular weight is 340 g/mol. The fourth-order valence-electron chi connectivity index (χ4n) is 4.04. The van der Waals surface area contributed by atoms with Crippen LogP contribution in [0.5, 0.6) is 5.75 Å². The van der Waals surface area contributed by atoms with Gasteiger partial charge in [0.15, 0.2) is 5.69 Å². The van der Waals surface area contributed by atoms with E-state index in [1.807, 2.05) is 17.0 Å². The lowest BCUT2D eigenvalue weighted by Gasteiger charge is -2.24. The lowest BCUT2D eigenvalue weighted by molar-refractivity contribution is 0.0725. The number of hydrogen-bond acceptors (Lipinski definition) is 4. The molecule has 25 heavy (non-hydrogen) atoms. The van der Waals surface area contributed by atoms with Gasteiger partial charge in [0.2, 0.25) is 0 Å². The molecule has 5 heteroatoms. The molecule has 132 valence electrons. The zero-order chi connectivity index (χ0) is 17.2. The minimum absolute atomic E-state index is 0.0444. The summed E-state index contributed by atoms with van der Waals surface area (Å²) in [6.07, 6.45) is 7.02. The Bertz CT molecular complexity index is 751. The number of aromatic nitrogens is 1. The molecule has 2 heterocycles. The Morgan fingerprint density at radius 2 is 2.04 bits per heavy atom. The number of nitrogens with zero attached hydrogens (tertiary/aromatic N) is 2. The minimum atomic E-state index is 0.0444. The summed E-state index contributed by atoms with van der Waals surface area (Å²) in [6, 6.07) is 8.35. The van der Waals surface area contributed by atoms with Crippen molar-refractivity contribution >= 4 is 5.91 Å². The van der Waals surface area contributed by atoms with Crippen LogP contribution in [0.1, 0.15) is 53.1 Å². The predicted octanol–water partition coefficient (Wildman–Crippen LogP) is 3.41. The maximum atomic E-state index is 13.1. The first-order chi connectivity index (χ1) is 12.3. The predicted molar refractivity (Wildman–Crippen MR) is 93.9 cm³/mol. The van der Waals surface area contributed by atoms with E-state index < -0.39 is 0 Å². The molecule has 1 saturated heterocycles. The van der Waals surface area contributed by atoms with Crippen molar-refractivity contribution in [2.45, 2.75) is 51.0 Å². The van der Waals surface area contributed by atoms with Crippen molar-refractivity contribution in [1.29, 1.82) is 0 Å². The van der Waals surface area contributed by atoms with Crippen LogP contribution in [-0.2, 0) is 19.3 Å². The van der Waals surface area contributed by atoms with Crippen molar-refractivity contribution < 1.29 is 14.1 Å².